The summed E-state index contributed by atoms with van der Waals surface area (Å²) >= 11 is 0. The molecule has 0 radical (unpaired) electrons. The van der Waals surface area contributed by atoms with Crippen molar-refractivity contribution in [1.29, 1.82) is 0 Å². The predicted octanol–water partition coefficient (Wildman–Crippen LogP) is 2.75. The van der Waals surface area contributed by atoms with Crippen LogP contribution < -0.4 is 0 Å². The number of hydrogen-bond acceptors (Lipinski definition) is 3. The van der Waals surface area contributed by atoms with Crippen LogP contribution in [0, 0.1) is 0 Å². The molecular formula is C16H18F3N3O. The van der Waals surface area contributed by atoms with Crippen LogP contribution >= 0.6 is 0 Å². The lowest BCUT2D eigenvalue weighted by Gasteiger charge is -2.24. The van der Waals surface area contributed by atoms with Gasteiger partial charge in [-0.3, -0.25) is 9.58 Å². The molecular weight excluding hydrogens is 307 g/mol. The molecule has 0 spiro atoms. The number of nitrogens with zero attached hydrogens (tertiary/aromatic N) is 3. The van der Waals surface area contributed by atoms with Gasteiger partial charge in [-0.2, -0.15) is 18.3 Å². The van der Waals surface area contributed by atoms with Crippen LogP contribution in [0.25, 0.3) is 0 Å². The highest BCUT2D eigenvalue weighted by molar-refractivity contribution is 5.29. The highest BCUT2D eigenvalue weighted by Gasteiger charge is 2.35. The first-order valence-electron chi connectivity index (χ1n) is 7.41. The Morgan fingerprint density at radius 2 is 2.09 bits per heavy atom. The van der Waals surface area contributed by atoms with Gasteiger partial charge in [0, 0.05) is 32.4 Å². The van der Waals surface area contributed by atoms with Crippen LogP contribution in [0.1, 0.15) is 29.3 Å². The van der Waals surface area contributed by atoms with Gasteiger partial charge in [-0.1, -0.05) is 12.1 Å². The number of aryl methyl sites for hydroxylation is 1. The van der Waals surface area contributed by atoms with Gasteiger partial charge in [0.25, 0.3) is 0 Å². The van der Waals surface area contributed by atoms with Crippen molar-refractivity contribution in [1.82, 2.24) is 14.7 Å². The second-order valence-electron chi connectivity index (χ2n) is 5.94. The number of rotatable bonds is 3. The van der Waals surface area contributed by atoms with Crippen LogP contribution in [0.15, 0.2) is 36.5 Å². The van der Waals surface area contributed by atoms with Crippen molar-refractivity contribution in [2.75, 3.05) is 6.54 Å². The smallest absolute Gasteiger partial charge is 0.392 e. The Balaban J connectivity index is 1.84. The van der Waals surface area contributed by atoms with Crippen molar-refractivity contribution in [2.45, 2.75) is 31.3 Å². The summed E-state index contributed by atoms with van der Waals surface area (Å²) in [6.07, 6.45) is -2.66. The molecule has 1 saturated heterocycles. The van der Waals surface area contributed by atoms with Gasteiger partial charge in [0.1, 0.15) is 0 Å². The number of aliphatic hydroxyl groups is 1. The largest absolute Gasteiger partial charge is 0.416 e. The fourth-order valence-corrected chi connectivity index (χ4v) is 3.08. The highest BCUT2D eigenvalue weighted by Crippen LogP contribution is 2.36. The number of benzene rings is 1. The molecule has 0 amide bonds. The Morgan fingerprint density at radius 3 is 2.74 bits per heavy atom. The zero-order valence-corrected chi connectivity index (χ0v) is 12.7. The maximum Gasteiger partial charge on any atom is 0.416 e. The number of alkyl halides is 3. The maximum atomic E-state index is 12.9. The molecule has 1 N–H and O–H groups in total. The summed E-state index contributed by atoms with van der Waals surface area (Å²) < 4.78 is 40.4. The van der Waals surface area contributed by atoms with Gasteiger partial charge in [-0.25, -0.2) is 0 Å². The molecule has 23 heavy (non-hydrogen) atoms. The summed E-state index contributed by atoms with van der Waals surface area (Å²) in [7, 11) is 1.81. The van der Waals surface area contributed by atoms with Crippen LogP contribution in [-0.4, -0.2) is 32.4 Å². The zero-order chi connectivity index (χ0) is 16.6. The molecule has 2 atom stereocenters. The van der Waals surface area contributed by atoms with Gasteiger partial charge in [0.15, 0.2) is 0 Å². The molecule has 7 heteroatoms. The van der Waals surface area contributed by atoms with E-state index in [0.29, 0.717) is 25.1 Å². The van der Waals surface area contributed by atoms with Crippen LogP contribution in [0.3, 0.4) is 0 Å². The third kappa shape index (κ3) is 3.56. The molecule has 3 rings (SSSR count). The molecule has 1 aliphatic rings. The molecule has 1 aliphatic heterocycles. The zero-order valence-electron chi connectivity index (χ0n) is 12.7. The molecule has 0 unspecified atom stereocenters. The standard InChI is InChI=1S/C16H18F3N3O/c1-21-6-5-13(20-21)9-22-10-14(23)8-15(22)11-3-2-4-12(7-11)16(17,18)19/h2-7,14-15,23H,8-10H2,1H3/t14-,15+/m1/s1. The van der Waals surface area contributed by atoms with Crippen molar-refractivity contribution >= 4 is 0 Å². The van der Waals surface area contributed by atoms with E-state index in [4.69, 9.17) is 0 Å². The number of hydrogen-bond donors (Lipinski definition) is 1. The Hall–Kier alpha value is -1.86. The third-order valence-electron chi connectivity index (χ3n) is 4.11. The Kier molecular flexibility index (Phi) is 4.16. The van der Waals surface area contributed by atoms with Crippen LogP contribution in [0.4, 0.5) is 13.2 Å². The van der Waals surface area contributed by atoms with E-state index in [2.05, 4.69) is 5.10 Å². The lowest BCUT2D eigenvalue weighted by molar-refractivity contribution is -0.137. The average Bonchev–Trinajstić information content (AvgIpc) is 3.04. The number of halogens is 3. The Bertz CT molecular complexity index is 683. The number of likely N-dealkylation sites (tertiary alicyclic amines) is 1. The Morgan fingerprint density at radius 1 is 1.30 bits per heavy atom. The summed E-state index contributed by atoms with van der Waals surface area (Å²) in [5, 5.41) is 14.3. The fourth-order valence-electron chi connectivity index (χ4n) is 3.08. The van der Waals surface area contributed by atoms with Crippen LogP contribution in [0.5, 0.6) is 0 Å². The van der Waals surface area contributed by atoms with Gasteiger partial charge in [-0.05, 0) is 30.2 Å². The molecule has 1 aromatic carbocycles. The van der Waals surface area contributed by atoms with Crippen LogP contribution in [-0.2, 0) is 19.8 Å². The summed E-state index contributed by atoms with van der Waals surface area (Å²) in [5.74, 6) is 0. The van der Waals surface area contributed by atoms with Gasteiger partial charge in [0.2, 0.25) is 0 Å². The second kappa shape index (κ2) is 5.98. The normalized spacial score (nSPS) is 22.7. The van der Waals surface area contributed by atoms with Crippen LogP contribution in [0.2, 0.25) is 0 Å². The summed E-state index contributed by atoms with van der Waals surface area (Å²) in [5.41, 5.74) is 0.750. The summed E-state index contributed by atoms with van der Waals surface area (Å²) in [4.78, 5) is 1.97. The first-order valence-corrected chi connectivity index (χ1v) is 7.41. The van der Waals surface area contributed by atoms with Gasteiger partial charge >= 0.3 is 6.18 Å². The molecule has 124 valence electrons. The SMILES string of the molecule is Cn1ccc(CN2C[C@H](O)C[C@H]2c2cccc(C(F)(F)F)c2)n1. The second-order valence-corrected chi connectivity index (χ2v) is 5.94. The van der Waals surface area contributed by atoms with Crippen molar-refractivity contribution in [2.24, 2.45) is 7.05 Å². The molecule has 4 nitrogen and oxygen atoms in total. The highest BCUT2D eigenvalue weighted by atomic mass is 19.4. The minimum absolute atomic E-state index is 0.241. The van der Waals surface area contributed by atoms with E-state index >= 15 is 0 Å². The van der Waals surface area contributed by atoms with E-state index < -0.39 is 17.8 Å². The summed E-state index contributed by atoms with van der Waals surface area (Å²) in [6.45, 7) is 0.927. The average molecular weight is 325 g/mol. The number of aromatic nitrogens is 2. The third-order valence-corrected chi connectivity index (χ3v) is 4.11. The minimum atomic E-state index is -4.36. The molecule has 0 saturated carbocycles. The first-order chi connectivity index (χ1) is 10.8. The van der Waals surface area contributed by atoms with Crippen molar-refractivity contribution in [3.63, 3.8) is 0 Å². The number of aliphatic hydroxyl groups excluding tert-OH is 1. The Labute approximate surface area is 132 Å². The van der Waals surface area contributed by atoms with E-state index in [9.17, 15) is 18.3 Å². The molecule has 1 aromatic heterocycles. The van der Waals surface area contributed by atoms with E-state index in [0.717, 1.165) is 11.8 Å². The molecule has 1 fully saturated rings. The molecule has 2 aromatic rings. The van der Waals surface area contributed by atoms with Crippen molar-refractivity contribution < 1.29 is 18.3 Å². The number of β-amino-alcohol motifs (C(OH)–C–C–N with tert-alkyl or cyclic N) is 1. The van der Waals surface area contributed by atoms with E-state index in [1.54, 1.807) is 10.7 Å². The minimum Gasteiger partial charge on any atom is -0.392 e. The van der Waals surface area contributed by atoms with Crippen molar-refractivity contribution in [3.8, 4) is 0 Å². The van der Waals surface area contributed by atoms with Gasteiger partial charge in [-0.15, -0.1) is 0 Å². The van der Waals surface area contributed by atoms with E-state index in [1.807, 2.05) is 24.2 Å². The maximum absolute atomic E-state index is 12.9. The molecule has 0 bridgehead atoms. The fraction of sp³-hybridized carbons (Fsp3) is 0.438. The molecule has 0 aliphatic carbocycles. The monoisotopic (exact) mass is 325 g/mol. The predicted molar refractivity (Wildman–Crippen MR) is 78.4 cm³/mol. The summed E-state index contributed by atoms with van der Waals surface area (Å²) in [6, 6.07) is 6.97. The first kappa shape index (κ1) is 16.0. The lowest BCUT2D eigenvalue weighted by Crippen LogP contribution is -2.25. The van der Waals surface area contributed by atoms with Gasteiger partial charge < -0.3 is 5.11 Å². The van der Waals surface area contributed by atoms with E-state index in [1.165, 1.54) is 12.1 Å². The molecule has 2 heterocycles. The van der Waals surface area contributed by atoms with Crippen molar-refractivity contribution in [3.05, 3.63) is 53.3 Å². The quantitative estimate of drug-likeness (QED) is 0.943. The topological polar surface area (TPSA) is 41.3 Å². The van der Waals surface area contributed by atoms with E-state index in [-0.39, 0.29) is 6.04 Å². The van der Waals surface area contributed by atoms with Gasteiger partial charge in [0.05, 0.1) is 17.4 Å². The lowest BCUT2D eigenvalue weighted by atomic mass is 10.0.